The number of hydrogen-bond donors (Lipinski definition) is 3. The summed E-state index contributed by atoms with van der Waals surface area (Å²) in [5, 5.41) is 16.3. The summed E-state index contributed by atoms with van der Waals surface area (Å²) in [5.41, 5.74) is 3.96. The van der Waals surface area contributed by atoms with Crippen LogP contribution in [0.2, 0.25) is 5.15 Å². The van der Waals surface area contributed by atoms with E-state index in [1.54, 1.807) is 0 Å². The van der Waals surface area contributed by atoms with E-state index in [1.807, 2.05) is 62.4 Å². The summed E-state index contributed by atoms with van der Waals surface area (Å²) in [6.45, 7) is 4.00. The van der Waals surface area contributed by atoms with E-state index in [4.69, 9.17) is 20.9 Å². The number of aromatic nitrogens is 3. The molecule has 34 heavy (non-hydrogen) atoms. The first-order valence-electron chi connectivity index (χ1n) is 10.6. The molecule has 0 saturated carbocycles. The van der Waals surface area contributed by atoms with Crippen LogP contribution in [0.15, 0.2) is 53.5 Å². The van der Waals surface area contributed by atoms with Crippen molar-refractivity contribution in [2.24, 2.45) is 5.41 Å². The van der Waals surface area contributed by atoms with Gasteiger partial charge in [0.2, 0.25) is 5.91 Å². The molecule has 3 aromatic rings. The van der Waals surface area contributed by atoms with E-state index in [0.717, 1.165) is 24.0 Å². The Morgan fingerprint density at radius 2 is 2.18 bits per heavy atom. The second-order valence-electron chi connectivity index (χ2n) is 8.38. The van der Waals surface area contributed by atoms with Crippen LogP contribution in [0, 0.1) is 16.7 Å². The third-order valence-corrected chi connectivity index (χ3v) is 7.83. The predicted molar refractivity (Wildman–Crippen MR) is 128 cm³/mol. The van der Waals surface area contributed by atoms with E-state index in [2.05, 4.69) is 26.9 Å². The smallest absolute Gasteiger partial charge is 0.229 e. The lowest BCUT2D eigenvalue weighted by Crippen LogP contribution is -2.74. The number of para-hydroxylation sites is 1. The van der Waals surface area contributed by atoms with Gasteiger partial charge in [0.05, 0.1) is 33.6 Å². The van der Waals surface area contributed by atoms with Gasteiger partial charge >= 0.3 is 0 Å². The van der Waals surface area contributed by atoms with Crippen LogP contribution in [0.1, 0.15) is 38.1 Å². The summed E-state index contributed by atoms with van der Waals surface area (Å²) in [4.78, 5) is 22.3. The SMILES string of the molecule is CCC1(C)C(=O)NC12C=CC=C(c1nc3c(C#N)c(SOONc4ccccc4)c(Cl)n3[nH]1)C2. The number of nitrogens with zero attached hydrogens (tertiary/aromatic N) is 3. The quantitative estimate of drug-likeness (QED) is 0.141. The van der Waals surface area contributed by atoms with Crippen molar-refractivity contribution >= 4 is 46.5 Å². The standard InChI is InChI=1S/C23H21ClN6O3S/c1-3-22(2)21(31)27-23(22)11-7-8-14(12-23)19-26-20-16(13-25)17(18(24)30(20)28-19)34-33-32-29-15-9-5-4-6-10-15/h4-11,29H,3,12H2,1-2H3,(H,26,28)(H,27,31). The average molecular weight is 497 g/mol. The molecule has 1 fully saturated rings. The Kier molecular flexibility index (Phi) is 5.65. The minimum absolute atomic E-state index is 0.0499. The van der Waals surface area contributed by atoms with Crippen molar-refractivity contribution < 1.29 is 14.1 Å². The molecule has 3 heterocycles. The molecule has 0 bridgehead atoms. The number of amides is 1. The second-order valence-corrected chi connectivity index (χ2v) is 9.45. The maximum Gasteiger partial charge on any atom is 0.229 e. The Morgan fingerprint density at radius 1 is 1.38 bits per heavy atom. The molecule has 1 saturated heterocycles. The van der Waals surface area contributed by atoms with Crippen molar-refractivity contribution in [2.75, 3.05) is 5.48 Å². The topological polar surface area (TPSA) is 116 Å². The molecule has 1 spiro atoms. The summed E-state index contributed by atoms with van der Waals surface area (Å²) in [6, 6.07) is 11.4. The van der Waals surface area contributed by atoms with Gasteiger partial charge in [-0.3, -0.25) is 9.89 Å². The zero-order chi connectivity index (χ0) is 23.9. The Morgan fingerprint density at radius 3 is 2.88 bits per heavy atom. The van der Waals surface area contributed by atoms with E-state index in [9.17, 15) is 10.1 Å². The van der Waals surface area contributed by atoms with Crippen LogP contribution in [0.25, 0.3) is 11.2 Å². The summed E-state index contributed by atoms with van der Waals surface area (Å²) >= 11 is 7.36. The number of nitrogens with one attached hydrogen (secondary N) is 3. The van der Waals surface area contributed by atoms with Crippen LogP contribution in [-0.2, 0) is 14.1 Å². The maximum atomic E-state index is 12.3. The lowest BCUT2D eigenvalue weighted by Gasteiger charge is -2.56. The molecule has 9 nitrogen and oxygen atoms in total. The van der Waals surface area contributed by atoms with Crippen molar-refractivity contribution in [2.45, 2.75) is 37.1 Å². The summed E-state index contributed by atoms with van der Waals surface area (Å²) in [5.74, 6) is 0.630. The number of benzene rings is 1. The highest BCUT2D eigenvalue weighted by Crippen LogP contribution is 2.50. The van der Waals surface area contributed by atoms with Gasteiger partial charge in [-0.2, -0.15) is 5.26 Å². The maximum absolute atomic E-state index is 12.3. The first-order chi connectivity index (χ1) is 16.4. The Bertz CT molecular complexity index is 1370. The van der Waals surface area contributed by atoms with Gasteiger partial charge in [0.25, 0.3) is 0 Å². The number of H-pyrrole nitrogens is 1. The molecule has 174 valence electrons. The third-order valence-electron chi connectivity index (χ3n) is 6.66. The number of anilines is 1. The lowest BCUT2D eigenvalue weighted by atomic mass is 9.58. The molecule has 2 aliphatic rings. The summed E-state index contributed by atoms with van der Waals surface area (Å²) < 4.78 is 6.68. The Labute approximate surface area is 204 Å². The fourth-order valence-electron chi connectivity index (χ4n) is 4.37. The van der Waals surface area contributed by atoms with Gasteiger partial charge in [-0.25, -0.2) is 15.0 Å². The fourth-order valence-corrected chi connectivity index (χ4v) is 5.20. The number of halogens is 1. The van der Waals surface area contributed by atoms with Crippen LogP contribution in [0.5, 0.6) is 0 Å². The van der Waals surface area contributed by atoms with Gasteiger partial charge in [-0.15, -0.1) is 9.32 Å². The van der Waals surface area contributed by atoms with Gasteiger partial charge in [0, 0.05) is 6.42 Å². The predicted octanol–water partition coefficient (Wildman–Crippen LogP) is 4.80. The number of rotatable bonds is 7. The molecule has 2 aromatic heterocycles. The normalized spacial score (nSPS) is 23.5. The highest BCUT2D eigenvalue weighted by molar-refractivity contribution is 7.94. The number of allylic oxidation sites excluding steroid dienone is 2. The van der Waals surface area contributed by atoms with Crippen molar-refractivity contribution in [3.8, 4) is 6.07 Å². The molecule has 1 aliphatic heterocycles. The minimum Gasteiger partial charge on any atom is -0.345 e. The molecule has 1 aliphatic carbocycles. The Balaban J connectivity index is 1.35. The number of hydrogen-bond acceptors (Lipinski definition) is 7. The van der Waals surface area contributed by atoms with Crippen LogP contribution < -0.4 is 10.8 Å². The van der Waals surface area contributed by atoms with Gasteiger partial charge in [-0.1, -0.05) is 55.0 Å². The number of carbonyl (C=O) groups is 1. The third kappa shape index (κ3) is 3.40. The largest absolute Gasteiger partial charge is 0.345 e. The number of β-lactam (4-membered cyclic amide) rings is 1. The molecule has 5 rings (SSSR count). The van der Waals surface area contributed by atoms with Crippen molar-refractivity contribution in [3.63, 3.8) is 0 Å². The van der Waals surface area contributed by atoms with Crippen LogP contribution in [0.4, 0.5) is 5.69 Å². The number of nitriles is 1. The van der Waals surface area contributed by atoms with Crippen LogP contribution in [0.3, 0.4) is 0 Å². The van der Waals surface area contributed by atoms with E-state index in [-0.39, 0.29) is 16.6 Å². The first-order valence-corrected chi connectivity index (χ1v) is 11.8. The van der Waals surface area contributed by atoms with Crippen LogP contribution in [-0.4, -0.2) is 26.0 Å². The van der Waals surface area contributed by atoms with Crippen LogP contribution >= 0.6 is 23.6 Å². The molecule has 2 unspecified atom stereocenters. The fraction of sp³-hybridized carbons (Fsp3) is 0.261. The first kappa shape index (κ1) is 22.6. The van der Waals surface area contributed by atoms with E-state index in [1.165, 1.54) is 4.52 Å². The molecule has 3 N–H and O–H groups in total. The minimum atomic E-state index is -0.484. The van der Waals surface area contributed by atoms with Crippen molar-refractivity contribution in [3.05, 3.63) is 65.1 Å². The van der Waals surface area contributed by atoms with Gasteiger partial charge < -0.3 is 5.32 Å². The molecular formula is C23H21ClN6O3S. The Hall–Kier alpha value is -3.23. The summed E-state index contributed by atoms with van der Waals surface area (Å²) in [7, 11) is 0. The van der Waals surface area contributed by atoms with Gasteiger partial charge in [-0.05, 0) is 31.1 Å². The summed E-state index contributed by atoms with van der Waals surface area (Å²) in [6.07, 6.45) is 7.23. The number of fused-ring (bicyclic) bond motifs is 1. The highest BCUT2D eigenvalue weighted by atomic mass is 35.5. The lowest BCUT2D eigenvalue weighted by molar-refractivity contribution is -0.161. The van der Waals surface area contributed by atoms with Crippen molar-refractivity contribution in [1.29, 1.82) is 5.26 Å². The molecule has 2 atom stereocenters. The zero-order valence-corrected chi connectivity index (χ0v) is 20.0. The van der Waals surface area contributed by atoms with E-state index >= 15 is 0 Å². The van der Waals surface area contributed by atoms with Gasteiger partial charge in [0.15, 0.2) is 11.5 Å². The molecule has 11 heteroatoms. The average Bonchev–Trinajstić information content (AvgIpc) is 3.40. The second kappa shape index (κ2) is 8.52. The van der Waals surface area contributed by atoms with Crippen molar-refractivity contribution in [1.82, 2.24) is 19.9 Å². The monoisotopic (exact) mass is 496 g/mol. The van der Waals surface area contributed by atoms with E-state index in [0.29, 0.717) is 28.5 Å². The number of carbonyl (C=O) groups excluding carboxylic acids is 1. The molecule has 1 amide bonds. The number of aromatic amines is 1. The molecular weight excluding hydrogens is 476 g/mol. The highest BCUT2D eigenvalue weighted by Gasteiger charge is 2.60. The molecule has 1 aromatic carbocycles. The van der Waals surface area contributed by atoms with Gasteiger partial charge in [0.1, 0.15) is 16.8 Å². The zero-order valence-electron chi connectivity index (χ0n) is 18.4. The van der Waals surface area contributed by atoms with E-state index < -0.39 is 11.0 Å². The molecule has 0 radical (unpaired) electrons.